The van der Waals surface area contributed by atoms with Crippen LogP contribution >= 0.6 is 23.4 Å². The van der Waals surface area contributed by atoms with Crippen molar-refractivity contribution in [3.8, 4) is 5.75 Å². The van der Waals surface area contributed by atoms with Gasteiger partial charge < -0.3 is 15.4 Å². The summed E-state index contributed by atoms with van der Waals surface area (Å²) in [5.74, 6) is 0.403. The predicted molar refractivity (Wildman–Crippen MR) is 139 cm³/mol. The van der Waals surface area contributed by atoms with Gasteiger partial charge in [-0.2, -0.15) is 0 Å². The zero-order chi connectivity index (χ0) is 24.5. The second-order valence-corrected chi connectivity index (χ2v) is 9.47. The van der Waals surface area contributed by atoms with Crippen LogP contribution in [0.1, 0.15) is 55.6 Å². The second kappa shape index (κ2) is 12.5. The van der Waals surface area contributed by atoms with Crippen LogP contribution in [0, 0.1) is 0 Å². The highest BCUT2D eigenvalue weighted by atomic mass is 35.5. The molecule has 178 valence electrons. The van der Waals surface area contributed by atoms with E-state index in [0.29, 0.717) is 22.9 Å². The van der Waals surface area contributed by atoms with Crippen molar-refractivity contribution in [3.05, 3.63) is 82.9 Å². The van der Waals surface area contributed by atoms with Crippen LogP contribution in [-0.4, -0.2) is 18.4 Å². The fraction of sp³-hybridized carbons (Fsp3) is 0.259. The minimum atomic E-state index is -0.217. The Hall–Kier alpha value is -2.96. The van der Waals surface area contributed by atoms with E-state index in [1.54, 1.807) is 12.1 Å². The maximum Gasteiger partial charge on any atom is 0.251 e. The minimum Gasteiger partial charge on any atom is -0.494 e. The summed E-state index contributed by atoms with van der Waals surface area (Å²) >= 11 is 7.46. The van der Waals surface area contributed by atoms with Crippen LogP contribution in [0.5, 0.6) is 5.75 Å². The third-order valence-corrected chi connectivity index (χ3v) is 6.42. The smallest absolute Gasteiger partial charge is 0.251 e. The summed E-state index contributed by atoms with van der Waals surface area (Å²) < 4.78 is 5.71. The maximum atomic E-state index is 12.9. The van der Waals surface area contributed by atoms with Crippen molar-refractivity contribution in [3.63, 3.8) is 0 Å². The number of carbonyl (C=O) groups is 2. The van der Waals surface area contributed by atoms with Crippen molar-refractivity contribution in [1.82, 2.24) is 5.32 Å². The number of carbonyl (C=O) groups excluding carboxylic acids is 2. The number of amides is 2. The lowest BCUT2D eigenvalue weighted by atomic mass is 10.1. The van der Waals surface area contributed by atoms with E-state index in [4.69, 9.17) is 16.3 Å². The van der Waals surface area contributed by atoms with Gasteiger partial charge in [0.25, 0.3) is 5.91 Å². The molecule has 0 aliphatic rings. The summed E-state index contributed by atoms with van der Waals surface area (Å²) in [6, 6.07) is 20.3. The Morgan fingerprint density at radius 3 is 2.38 bits per heavy atom. The second-order valence-electron chi connectivity index (χ2n) is 7.91. The largest absolute Gasteiger partial charge is 0.494 e. The summed E-state index contributed by atoms with van der Waals surface area (Å²) in [5, 5.41) is 6.52. The number of hydrogen-bond donors (Lipinski definition) is 2. The van der Waals surface area contributed by atoms with Gasteiger partial charge in [0.15, 0.2) is 0 Å². The van der Waals surface area contributed by atoms with Crippen LogP contribution in [-0.2, 0) is 4.79 Å². The molecule has 0 aliphatic heterocycles. The average Bonchev–Trinajstić information content (AvgIpc) is 2.81. The van der Waals surface area contributed by atoms with Gasteiger partial charge >= 0.3 is 0 Å². The SMILES string of the molecule is CCCCOc1ccc([C@@H](C)NC(=O)c2ccc(Sc3ccc(Cl)cc3)c(NC(C)=O)c2)cc1. The zero-order valence-corrected chi connectivity index (χ0v) is 21.1. The quantitative estimate of drug-likeness (QED) is 0.293. The number of benzene rings is 3. The molecular weight excluding hydrogens is 468 g/mol. The van der Waals surface area contributed by atoms with E-state index < -0.39 is 0 Å². The zero-order valence-electron chi connectivity index (χ0n) is 19.6. The van der Waals surface area contributed by atoms with Crippen molar-refractivity contribution < 1.29 is 14.3 Å². The number of rotatable bonds is 10. The first kappa shape index (κ1) is 25.7. The molecule has 0 saturated heterocycles. The summed E-state index contributed by atoms with van der Waals surface area (Å²) in [6.45, 7) is 6.21. The van der Waals surface area contributed by atoms with E-state index in [2.05, 4.69) is 17.6 Å². The van der Waals surface area contributed by atoms with Crippen LogP contribution in [0.2, 0.25) is 5.02 Å². The lowest BCUT2D eigenvalue weighted by Gasteiger charge is -2.16. The summed E-state index contributed by atoms with van der Waals surface area (Å²) in [5.41, 5.74) is 2.03. The van der Waals surface area contributed by atoms with E-state index in [1.165, 1.54) is 18.7 Å². The van der Waals surface area contributed by atoms with Crippen molar-refractivity contribution in [2.75, 3.05) is 11.9 Å². The molecule has 3 rings (SSSR count). The number of nitrogens with one attached hydrogen (secondary N) is 2. The molecule has 0 aromatic heterocycles. The van der Waals surface area contributed by atoms with Gasteiger partial charge in [-0.1, -0.05) is 48.8 Å². The summed E-state index contributed by atoms with van der Waals surface area (Å²) in [6.07, 6.45) is 2.11. The Bertz CT molecular complexity index is 1120. The van der Waals surface area contributed by atoms with Gasteiger partial charge in [-0.3, -0.25) is 9.59 Å². The van der Waals surface area contributed by atoms with E-state index in [9.17, 15) is 9.59 Å². The molecule has 0 heterocycles. The lowest BCUT2D eigenvalue weighted by molar-refractivity contribution is -0.114. The Labute approximate surface area is 210 Å². The van der Waals surface area contributed by atoms with Crippen LogP contribution in [0.3, 0.4) is 0 Å². The highest BCUT2D eigenvalue weighted by molar-refractivity contribution is 7.99. The van der Waals surface area contributed by atoms with E-state index in [1.807, 2.05) is 61.5 Å². The molecule has 34 heavy (non-hydrogen) atoms. The van der Waals surface area contributed by atoms with Crippen molar-refractivity contribution in [2.24, 2.45) is 0 Å². The first-order chi connectivity index (χ1) is 16.4. The molecule has 2 amide bonds. The molecule has 5 nitrogen and oxygen atoms in total. The molecule has 1 atom stereocenters. The fourth-order valence-corrected chi connectivity index (χ4v) is 4.24. The molecule has 0 radical (unpaired) electrons. The van der Waals surface area contributed by atoms with Gasteiger partial charge in [0.1, 0.15) is 5.75 Å². The number of unbranched alkanes of at least 4 members (excludes halogenated alkanes) is 1. The van der Waals surface area contributed by atoms with E-state index >= 15 is 0 Å². The van der Waals surface area contributed by atoms with Crippen molar-refractivity contribution >= 4 is 40.9 Å². The molecule has 0 bridgehead atoms. The summed E-state index contributed by atoms with van der Waals surface area (Å²) in [7, 11) is 0. The Kier molecular flexibility index (Phi) is 9.42. The average molecular weight is 497 g/mol. The van der Waals surface area contributed by atoms with Crippen molar-refractivity contribution in [2.45, 2.75) is 49.4 Å². The molecule has 0 aliphatic carbocycles. The molecule has 2 N–H and O–H groups in total. The molecule has 3 aromatic carbocycles. The molecule has 0 spiro atoms. The highest BCUT2D eigenvalue weighted by Gasteiger charge is 2.15. The van der Waals surface area contributed by atoms with Gasteiger partial charge in [-0.05, 0) is 73.5 Å². The molecule has 0 fully saturated rings. The Balaban J connectivity index is 1.70. The van der Waals surface area contributed by atoms with Gasteiger partial charge in [-0.15, -0.1) is 0 Å². The van der Waals surface area contributed by atoms with Gasteiger partial charge in [0, 0.05) is 27.3 Å². The Morgan fingerprint density at radius 1 is 1.03 bits per heavy atom. The van der Waals surface area contributed by atoms with E-state index in [0.717, 1.165) is 33.9 Å². The summed E-state index contributed by atoms with van der Waals surface area (Å²) in [4.78, 5) is 26.5. The molecule has 0 saturated carbocycles. The van der Waals surface area contributed by atoms with Crippen LogP contribution in [0.15, 0.2) is 76.5 Å². The number of halogens is 1. The standard InChI is InChI=1S/C27H29ClN2O3S/c1-4-5-16-33-23-11-6-20(7-12-23)18(2)29-27(32)21-8-15-26(25(17-21)30-19(3)31)34-24-13-9-22(28)10-14-24/h6-15,17-18H,4-5,16H2,1-3H3,(H,29,32)(H,30,31)/t18-/m1/s1. The third-order valence-electron chi connectivity index (χ3n) is 5.09. The molecule has 3 aromatic rings. The number of hydrogen-bond acceptors (Lipinski definition) is 4. The maximum absolute atomic E-state index is 12.9. The molecule has 0 unspecified atom stereocenters. The minimum absolute atomic E-state index is 0.190. The predicted octanol–water partition coefficient (Wildman–Crippen LogP) is 7.12. The first-order valence-corrected chi connectivity index (χ1v) is 12.4. The number of ether oxygens (including phenoxy) is 1. The number of anilines is 1. The van der Waals surface area contributed by atoms with Gasteiger partial charge in [-0.25, -0.2) is 0 Å². The first-order valence-electron chi connectivity index (χ1n) is 11.2. The fourth-order valence-electron chi connectivity index (χ4n) is 3.23. The lowest BCUT2D eigenvalue weighted by Crippen LogP contribution is -2.26. The van der Waals surface area contributed by atoms with Gasteiger partial charge in [0.2, 0.25) is 5.91 Å². The van der Waals surface area contributed by atoms with Gasteiger partial charge in [0.05, 0.1) is 18.3 Å². The van der Waals surface area contributed by atoms with E-state index in [-0.39, 0.29) is 17.9 Å². The molecule has 7 heteroatoms. The highest BCUT2D eigenvalue weighted by Crippen LogP contribution is 2.35. The third kappa shape index (κ3) is 7.54. The van der Waals surface area contributed by atoms with Crippen LogP contribution < -0.4 is 15.4 Å². The molecular formula is C27H29ClN2O3S. The van der Waals surface area contributed by atoms with Crippen molar-refractivity contribution in [1.29, 1.82) is 0 Å². The van der Waals surface area contributed by atoms with Crippen LogP contribution in [0.4, 0.5) is 5.69 Å². The van der Waals surface area contributed by atoms with Crippen LogP contribution in [0.25, 0.3) is 0 Å². The monoisotopic (exact) mass is 496 g/mol. The normalized spacial score (nSPS) is 11.5. The topological polar surface area (TPSA) is 67.4 Å². The Morgan fingerprint density at radius 2 is 1.74 bits per heavy atom.